The summed E-state index contributed by atoms with van der Waals surface area (Å²) in [5, 5.41) is 8.79. The van der Waals surface area contributed by atoms with E-state index in [1.807, 2.05) is 0 Å². The third-order valence-electron chi connectivity index (χ3n) is 2.08. The second kappa shape index (κ2) is 6.40. The Bertz CT molecular complexity index is 501. The second-order valence-electron chi connectivity index (χ2n) is 3.19. The van der Waals surface area contributed by atoms with Crippen LogP contribution in [-0.2, 0) is 10.1 Å². The monoisotopic (exact) mass is 318 g/mol. The average molecular weight is 319 g/mol. The molecule has 0 saturated carbocycles. The Labute approximate surface area is 111 Å². The van der Waals surface area contributed by atoms with Gasteiger partial charge < -0.3 is 4.74 Å². The summed E-state index contributed by atoms with van der Waals surface area (Å²) in [5.74, 6) is -0.862. The van der Waals surface area contributed by atoms with Gasteiger partial charge in [-0.05, 0) is 13.0 Å². The van der Waals surface area contributed by atoms with Gasteiger partial charge in [0.1, 0.15) is 11.8 Å². The molecule has 0 aliphatic heterocycles. The molecule has 0 fully saturated rings. The van der Waals surface area contributed by atoms with Gasteiger partial charge in [-0.1, -0.05) is 15.9 Å². The number of carbonyl (C=O) groups is 1. The molecular formula is C11H9BrF2N2O2. The molecule has 4 nitrogen and oxygen atoms in total. The van der Waals surface area contributed by atoms with Crippen molar-refractivity contribution in [1.29, 1.82) is 5.26 Å². The molecule has 7 heteroatoms. The SMILES string of the molecule is CCOC(=O)c1c(C(F)F)cc(C#N)nc1CBr. The van der Waals surface area contributed by atoms with E-state index in [2.05, 4.69) is 20.9 Å². The van der Waals surface area contributed by atoms with Crippen LogP contribution in [0.3, 0.4) is 0 Å². The first-order valence-corrected chi connectivity index (χ1v) is 6.12. The molecule has 1 rings (SSSR count). The van der Waals surface area contributed by atoms with Gasteiger partial charge in [0.15, 0.2) is 0 Å². The minimum atomic E-state index is -2.88. The molecule has 96 valence electrons. The molecule has 0 amide bonds. The van der Waals surface area contributed by atoms with Crippen LogP contribution in [-0.4, -0.2) is 17.6 Å². The van der Waals surface area contributed by atoms with Crippen LogP contribution in [0.2, 0.25) is 0 Å². The minimum Gasteiger partial charge on any atom is -0.462 e. The van der Waals surface area contributed by atoms with Gasteiger partial charge in [0.2, 0.25) is 0 Å². The van der Waals surface area contributed by atoms with E-state index < -0.39 is 18.0 Å². The molecule has 0 radical (unpaired) electrons. The Hall–Kier alpha value is -1.55. The van der Waals surface area contributed by atoms with E-state index in [-0.39, 0.29) is 28.9 Å². The number of alkyl halides is 3. The number of halogens is 3. The van der Waals surface area contributed by atoms with Gasteiger partial charge >= 0.3 is 5.97 Å². The van der Waals surface area contributed by atoms with Crippen molar-refractivity contribution in [3.05, 3.63) is 28.6 Å². The second-order valence-corrected chi connectivity index (χ2v) is 3.75. The Balaban J connectivity index is 3.45. The molecule has 0 unspecified atom stereocenters. The maximum Gasteiger partial charge on any atom is 0.340 e. The highest BCUT2D eigenvalue weighted by atomic mass is 79.9. The molecule has 18 heavy (non-hydrogen) atoms. The lowest BCUT2D eigenvalue weighted by molar-refractivity contribution is 0.0513. The fourth-order valence-electron chi connectivity index (χ4n) is 1.38. The van der Waals surface area contributed by atoms with Crippen molar-refractivity contribution >= 4 is 21.9 Å². The van der Waals surface area contributed by atoms with Gasteiger partial charge in [-0.25, -0.2) is 18.6 Å². The summed E-state index contributed by atoms with van der Waals surface area (Å²) in [5.41, 5.74) is -0.896. The first-order valence-electron chi connectivity index (χ1n) is 5.00. The van der Waals surface area contributed by atoms with E-state index in [0.29, 0.717) is 0 Å². The Morgan fingerprint density at radius 1 is 1.67 bits per heavy atom. The maximum atomic E-state index is 12.9. The fraction of sp³-hybridized carbons (Fsp3) is 0.364. The summed E-state index contributed by atoms with van der Waals surface area (Å²) in [4.78, 5) is 15.5. The number of aromatic nitrogens is 1. The number of pyridine rings is 1. The van der Waals surface area contributed by atoms with Gasteiger partial charge in [-0.15, -0.1) is 0 Å². The zero-order chi connectivity index (χ0) is 13.7. The molecule has 0 aliphatic rings. The zero-order valence-electron chi connectivity index (χ0n) is 9.41. The van der Waals surface area contributed by atoms with E-state index >= 15 is 0 Å². The number of esters is 1. The number of hydrogen-bond donors (Lipinski definition) is 0. The Kier molecular flexibility index (Phi) is 5.16. The summed E-state index contributed by atoms with van der Waals surface area (Å²) in [6.07, 6.45) is -2.88. The van der Waals surface area contributed by atoms with Crippen LogP contribution in [0.1, 0.15) is 40.7 Å². The molecule has 0 saturated heterocycles. The highest BCUT2D eigenvalue weighted by Gasteiger charge is 2.25. The lowest BCUT2D eigenvalue weighted by Gasteiger charge is -2.11. The number of rotatable bonds is 4. The summed E-state index contributed by atoms with van der Waals surface area (Å²) < 4.78 is 30.5. The lowest BCUT2D eigenvalue weighted by Crippen LogP contribution is -2.14. The van der Waals surface area contributed by atoms with Crippen LogP contribution in [0.25, 0.3) is 0 Å². The lowest BCUT2D eigenvalue weighted by atomic mass is 10.1. The Morgan fingerprint density at radius 2 is 2.33 bits per heavy atom. The van der Waals surface area contributed by atoms with E-state index in [1.165, 1.54) is 0 Å². The number of nitrogens with zero attached hydrogens (tertiary/aromatic N) is 2. The predicted octanol–water partition coefficient (Wildman–Crippen LogP) is 2.96. The molecule has 1 aromatic rings. The van der Waals surface area contributed by atoms with E-state index in [1.54, 1.807) is 13.0 Å². The molecule has 0 aromatic carbocycles. The number of ether oxygens (including phenoxy) is 1. The first-order chi connectivity index (χ1) is 8.54. The molecule has 0 aliphatic carbocycles. The van der Waals surface area contributed by atoms with Crippen molar-refractivity contribution in [2.24, 2.45) is 0 Å². The molecule has 0 N–H and O–H groups in total. The number of carbonyl (C=O) groups excluding carboxylic acids is 1. The predicted molar refractivity (Wildman–Crippen MR) is 62.5 cm³/mol. The van der Waals surface area contributed by atoms with Gasteiger partial charge in [0.25, 0.3) is 6.43 Å². The third kappa shape index (κ3) is 3.01. The van der Waals surface area contributed by atoms with E-state index in [9.17, 15) is 13.6 Å². The zero-order valence-corrected chi connectivity index (χ0v) is 11.0. The number of nitriles is 1. The van der Waals surface area contributed by atoms with Crippen LogP contribution < -0.4 is 0 Å². The highest BCUT2D eigenvalue weighted by molar-refractivity contribution is 9.08. The van der Waals surface area contributed by atoms with Crippen molar-refractivity contribution < 1.29 is 18.3 Å². The topological polar surface area (TPSA) is 63.0 Å². The molecule has 0 atom stereocenters. The van der Waals surface area contributed by atoms with Crippen LogP contribution >= 0.6 is 15.9 Å². The summed E-state index contributed by atoms with van der Waals surface area (Å²) in [6, 6.07) is 2.58. The third-order valence-corrected chi connectivity index (χ3v) is 2.61. The van der Waals surface area contributed by atoms with Crippen molar-refractivity contribution in [1.82, 2.24) is 4.98 Å². The van der Waals surface area contributed by atoms with Crippen molar-refractivity contribution in [3.63, 3.8) is 0 Å². The van der Waals surface area contributed by atoms with Crippen molar-refractivity contribution in [2.45, 2.75) is 18.7 Å². The van der Waals surface area contributed by atoms with Crippen LogP contribution in [0.15, 0.2) is 6.07 Å². The van der Waals surface area contributed by atoms with Gasteiger partial charge in [-0.2, -0.15) is 5.26 Å². The molecule has 0 spiro atoms. The van der Waals surface area contributed by atoms with E-state index in [4.69, 9.17) is 10.00 Å². The standard InChI is InChI=1S/C11H9BrF2N2O2/c1-2-18-11(17)9-7(10(13)14)3-6(5-15)16-8(9)4-12/h3,10H,2,4H2,1H3. The summed E-state index contributed by atoms with van der Waals surface area (Å²) in [7, 11) is 0. The van der Waals surface area contributed by atoms with Gasteiger partial charge in [0, 0.05) is 10.9 Å². The van der Waals surface area contributed by atoms with Crippen molar-refractivity contribution in [2.75, 3.05) is 6.61 Å². The quantitative estimate of drug-likeness (QED) is 0.632. The molecular weight excluding hydrogens is 310 g/mol. The van der Waals surface area contributed by atoms with Crippen molar-refractivity contribution in [3.8, 4) is 6.07 Å². The average Bonchev–Trinajstić information content (AvgIpc) is 2.37. The maximum absolute atomic E-state index is 12.9. The minimum absolute atomic E-state index is 0.0720. The largest absolute Gasteiger partial charge is 0.462 e. The van der Waals surface area contributed by atoms with Gasteiger partial charge in [-0.3, -0.25) is 0 Å². The van der Waals surface area contributed by atoms with E-state index in [0.717, 1.165) is 6.07 Å². The Morgan fingerprint density at radius 3 is 2.78 bits per heavy atom. The summed E-state index contributed by atoms with van der Waals surface area (Å²) >= 11 is 3.05. The van der Waals surface area contributed by atoms with Crippen LogP contribution in [0, 0.1) is 11.3 Å². The highest BCUT2D eigenvalue weighted by Crippen LogP contribution is 2.27. The smallest absolute Gasteiger partial charge is 0.340 e. The number of hydrogen-bond acceptors (Lipinski definition) is 4. The normalized spacial score (nSPS) is 10.2. The first kappa shape index (κ1) is 14.5. The van der Waals surface area contributed by atoms with Crippen LogP contribution in [0.5, 0.6) is 0 Å². The fourth-order valence-corrected chi connectivity index (χ4v) is 1.79. The van der Waals surface area contributed by atoms with Crippen LogP contribution in [0.4, 0.5) is 8.78 Å². The summed E-state index contributed by atoms with van der Waals surface area (Å²) in [6.45, 7) is 1.65. The molecule has 1 heterocycles. The molecule has 1 aromatic heterocycles. The molecule has 0 bridgehead atoms. The van der Waals surface area contributed by atoms with Gasteiger partial charge in [0.05, 0.1) is 17.9 Å².